The Hall–Kier alpha value is -1.59. The van der Waals surface area contributed by atoms with E-state index in [9.17, 15) is 9.90 Å². The summed E-state index contributed by atoms with van der Waals surface area (Å²) in [6.07, 6.45) is 0. The number of phenolic OH excluding ortho intramolecular Hbond substituents is 1. The SMILES string of the molecule is Cc1ccc(O)c(C(=O)N2CCOCC2CN)c1. The third kappa shape index (κ3) is 2.47. The van der Waals surface area contributed by atoms with Gasteiger partial charge >= 0.3 is 0 Å². The number of nitrogens with two attached hydrogens (primary N) is 1. The lowest BCUT2D eigenvalue weighted by Crippen LogP contribution is -2.52. The van der Waals surface area contributed by atoms with Crippen LogP contribution in [0.5, 0.6) is 5.75 Å². The summed E-state index contributed by atoms with van der Waals surface area (Å²) in [7, 11) is 0. The van der Waals surface area contributed by atoms with Crippen molar-refractivity contribution in [2.45, 2.75) is 13.0 Å². The molecule has 2 rings (SSSR count). The maximum Gasteiger partial charge on any atom is 0.258 e. The van der Waals surface area contributed by atoms with Gasteiger partial charge in [0, 0.05) is 13.1 Å². The normalized spacial score (nSPS) is 19.9. The van der Waals surface area contributed by atoms with Gasteiger partial charge in [0.15, 0.2) is 0 Å². The van der Waals surface area contributed by atoms with Crippen LogP contribution in [0.4, 0.5) is 0 Å². The van der Waals surface area contributed by atoms with E-state index in [1.54, 1.807) is 23.1 Å². The van der Waals surface area contributed by atoms with Crippen molar-refractivity contribution in [3.8, 4) is 5.75 Å². The number of phenols is 1. The van der Waals surface area contributed by atoms with Gasteiger partial charge in [-0.3, -0.25) is 4.79 Å². The maximum atomic E-state index is 12.4. The average molecular weight is 250 g/mol. The van der Waals surface area contributed by atoms with Gasteiger partial charge in [0.1, 0.15) is 5.75 Å². The van der Waals surface area contributed by atoms with Crippen LogP contribution in [0.15, 0.2) is 18.2 Å². The molecule has 0 bridgehead atoms. The second-order valence-corrected chi connectivity index (χ2v) is 4.48. The highest BCUT2D eigenvalue weighted by molar-refractivity contribution is 5.97. The Balaban J connectivity index is 2.26. The Morgan fingerprint density at radius 1 is 1.61 bits per heavy atom. The van der Waals surface area contributed by atoms with Gasteiger partial charge in [-0.1, -0.05) is 11.6 Å². The lowest BCUT2D eigenvalue weighted by molar-refractivity contribution is 0.000693. The third-order valence-corrected chi connectivity index (χ3v) is 3.14. The van der Waals surface area contributed by atoms with Crippen LogP contribution in [-0.2, 0) is 4.74 Å². The highest BCUT2D eigenvalue weighted by Gasteiger charge is 2.28. The molecule has 1 aliphatic heterocycles. The summed E-state index contributed by atoms with van der Waals surface area (Å²) in [6.45, 7) is 3.71. The average Bonchev–Trinajstić information content (AvgIpc) is 2.40. The monoisotopic (exact) mass is 250 g/mol. The molecule has 5 nitrogen and oxygen atoms in total. The highest BCUT2D eigenvalue weighted by atomic mass is 16.5. The standard InChI is InChI=1S/C13H18N2O3/c1-9-2-3-12(16)11(6-9)13(17)15-4-5-18-8-10(15)7-14/h2-3,6,10,16H,4-5,7-8,14H2,1H3. The summed E-state index contributed by atoms with van der Waals surface area (Å²) >= 11 is 0. The molecule has 0 radical (unpaired) electrons. The molecule has 0 spiro atoms. The van der Waals surface area contributed by atoms with Gasteiger partial charge < -0.3 is 20.5 Å². The molecule has 98 valence electrons. The van der Waals surface area contributed by atoms with E-state index in [4.69, 9.17) is 10.5 Å². The first-order chi connectivity index (χ1) is 8.63. The van der Waals surface area contributed by atoms with Crippen LogP contribution in [-0.4, -0.2) is 48.3 Å². The number of carbonyl (C=O) groups excluding carboxylic acids is 1. The van der Waals surface area contributed by atoms with Crippen molar-refractivity contribution in [2.24, 2.45) is 5.73 Å². The first-order valence-corrected chi connectivity index (χ1v) is 6.02. The minimum Gasteiger partial charge on any atom is -0.507 e. The van der Waals surface area contributed by atoms with Crippen molar-refractivity contribution in [1.82, 2.24) is 4.90 Å². The minimum atomic E-state index is -0.185. The molecule has 1 heterocycles. The molecule has 3 N–H and O–H groups in total. The Morgan fingerprint density at radius 2 is 2.39 bits per heavy atom. The first-order valence-electron chi connectivity index (χ1n) is 6.02. The number of amides is 1. The van der Waals surface area contributed by atoms with Gasteiger partial charge in [0.05, 0.1) is 24.8 Å². The smallest absolute Gasteiger partial charge is 0.258 e. The van der Waals surface area contributed by atoms with Crippen LogP contribution in [0.3, 0.4) is 0 Å². The second-order valence-electron chi connectivity index (χ2n) is 4.48. The molecule has 1 amide bonds. The zero-order valence-electron chi connectivity index (χ0n) is 10.4. The van der Waals surface area contributed by atoms with E-state index >= 15 is 0 Å². The summed E-state index contributed by atoms with van der Waals surface area (Å²) < 4.78 is 5.31. The number of rotatable bonds is 2. The number of hydrogen-bond donors (Lipinski definition) is 2. The quantitative estimate of drug-likeness (QED) is 0.801. The number of nitrogens with zero attached hydrogens (tertiary/aromatic N) is 1. The molecule has 1 fully saturated rings. The summed E-state index contributed by atoms with van der Waals surface area (Å²) in [5, 5.41) is 9.78. The molecule has 1 aliphatic rings. The lowest BCUT2D eigenvalue weighted by atomic mass is 10.1. The number of morpholine rings is 1. The van der Waals surface area contributed by atoms with Crippen LogP contribution in [0.1, 0.15) is 15.9 Å². The van der Waals surface area contributed by atoms with Crippen molar-refractivity contribution in [3.05, 3.63) is 29.3 Å². The fourth-order valence-corrected chi connectivity index (χ4v) is 2.09. The van der Waals surface area contributed by atoms with Gasteiger partial charge in [-0.2, -0.15) is 0 Å². The molecule has 0 saturated carbocycles. The molecule has 0 aliphatic carbocycles. The molecular formula is C13H18N2O3. The minimum absolute atomic E-state index is 0.00728. The predicted molar refractivity (Wildman–Crippen MR) is 67.5 cm³/mol. The fourth-order valence-electron chi connectivity index (χ4n) is 2.09. The van der Waals surface area contributed by atoms with Gasteiger partial charge in [-0.05, 0) is 19.1 Å². The van der Waals surface area contributed by atoms with Crippen LogP contribution in [0.2, 0.25) is 0 Å². The summed E-state index contributed by atoms with van der Waals surface area (Å²) in [5.41, 5.74) is 6.91. The van der Waals surface area contributed by atoms with Crippen LogP contribution >= 0.6 is 0 Å². The molecule has 1 aromatic rings. The lowest BCUT2D eigenvalue weighted by Gasteiger charge is -2.35. The van der Waals surface area contributed by atoms with E-state index in [-0.39, 0.29) is 17.7 Å². The van der Waals surface area contributed by atoms with E-state index in [1.165, 1.54) is 0 Å². The van der Waals surface area contributed by atoms with Crippen molar-refractivity contribution < 1.29 is 14.6 Å². The number of hydrogen-bond acceptors (Lipinski definition) is 4. The summed E-state index contributed by atoms with van der Waals surface area (Å²) in [4.78, 5) is 14.1. The van der Waals surface area contributed by atoms with E-state index in [1.807, 2.05) is 6.92 Å². The zero-order valence-corrected chi connectivity index (χ0v) is 10.4. The van der Waals surface area contributed by atoms with Crippen LogP contribution < -0.4 is 5.73 Å². The van der Waals surface area contributed by atoms with E-state index in [2.05, 4.69) is 0 Å². The van der Waals surface area contributed by atoms with Crippen LogP contribution in [0.25, 0.3) is 0 Å². The topological polar surface area (TPSA) is 75.8 Å². The van der Waals surface area contributed by atoms with Crippen molar-refractivity contribution >= 4 is 5.91 Å². The van der Waals surface area contributed by atoms with Crippen molar-refractivity contribution in [3.63, 3.8) is 0 Å². The van der Waals surface area contributed by atoms with Crippen molar-refractivity contribution in [1.29, 1.82) is 0 Å². The number of ether oxygens (including phenoxy) is 1. The van der Waals surface area contributed by atoms with Gasteiger partial charge in [0.2, 0.25) is 0 Å². The molecule has 0 aromatic heterocycles. The maximum absolute atomic E-state index is 12.4. The third-order valence-electron chi connectivity index (χ3n) is 3.14. The van der Waals surface area contributed by atoms with Gasteiger partial charge in [0.25, 0.3) is 5.91 Å². The van der Waals surface area contributed by atoms with Gasteiger partial charge in [-0.25, -0.2) is 0 Å². The van der Waals surface area contributed by atoms with E-state index in [0.29, 0.717) is 31.9 Å². The molecular weight excluding hydrogens is 232 g/mol. The number of aromatic hydroxyl groups is 1. The van der Waals surface area contributed by atoms with Crippen LogP contribution in [0, 0.1) is 6.92 Å². The molecule has 1 aromatic carbocycles. The van der Waals surface area contributed by atoms with E-state index < -0.39 is 0 Å². The number of benzene rings is 1. The number of aryl methyl sites for hydroxylation is 1. The Morgan fingerprint density at radius 3 is 3.11 bits per heavy atom. The molecule has 1 saturated heterocycles. The predicted octanol–water partition coefficient (Wildman–Crippen LogP) is 0.500. The number of carbonyl (C=O) groups is 1. The first kappa shape index (κ1) is 12.9. The molecule has 1 unspecified atom stereocenters. The molecule has 5 heteroatoms. The Bertz CT molecular complexity index is 448. The Labute approximate surface area is 106 Å². The highest BCUT2D eigenvalue weighted by Crippen LogP contribution is 2.21. The largest absolute Gasteiger partial charge is 0.507 e. The summed E-state index contributed by atoms with van der Waals surface area (Å²) in [5.74, 6) is -0.178. The molecule has 18 heavy (non-hydrogen) atoms. The fraction of sp³-hybridized carbons (Fsp3) is 0.462. The Kier molecular flexibility index (Phi) is 3.84. The summed E-state index contributed by atoms with van der Waals surface area (Å²) in [6, 6.07) is 4.89. The van der Waals surface area contributed by atoms with E-state index in [0.717, 1.165) is 5.56 Å². The van der Waals surface area contributed by atoms with Crippen molar-refractivity contribution in [2.75, 3.05) is 26.3 Å². The van der Waals surface area contributed by atoms with Gasteiger partial charge in [-0.15, -0.1) is 0 Å². The zero-order chi connectivity index (χ0) is 13.1. The second kappa shape index (κ2) is 5.37. The molecule has 1 atom stereocenters.